The predicted octanol–water partition coefficient (Wildman–Crippen LogP) is 1.08. The fraction of sp³-hybridized carbons (Fsp3) is 0.462. The standard InChI is InChI=1S/C13H16N2O/c1-15-8-9-6-14-7-12(9)10-4-2-3-5-11(10)13(15)16/h2-5,9,12,14H,6-8H2,1H3. The second kappa shape index (κ2) is 3.59. The van der Waals surface area contributed by atoms with Crippen LogP contribution in [0.3, 0.4) is 0 Å². The van der Waals surface area contributed by atoms with Crippen LogP contribution in [0.4, 0.5) is 0 Å². The van der Waals surface area contributed by atoms with Gasteiger partial charge < -0.3 is 10.2 Å². The molecule has 1 N–H and O–H groups in total. The summed E-state index contributed by atoms with van der Waals surface area (Å²) in [5.41, 5.74) is 2.12. The molecule has 0 aromatic heterocycles. The van der Waals surface area contributed by atoms with Gasteiger partial charge in [0.05, 0.1) is 0 Å². The molecule has 0 saturated carbocycles. The number of hydrogen-bond donors (Lipinski definition) is 1. The fourth-order valence-electron chi connectivity index (χ4n) is 2.94. The Morgan fingerprint density at radius 2 is 2.12 bits per heavy atom. The maximum atomic E-state index is 12.2. The minimum Gasteiger partial charge on any atom is -0.341 e. The summed E-state index contributed by atoms with van der Waals surface area (Å²) in [6.45, 7) is 2.89. The van der Waals surface area contributed by atoms with E-state index in [2.05, 4.69) is 11.4 Å². The highest BCUT2D eigenvalue weighted by Gasteiger charge is 2.35. The molecule has 2 aliphatic heterocycles. The number of hydrogen-bond acceptors (Lipinski definition) is 2. The number of amides is 1. The largest absolute Gasteiger partial charge is 0.341 e. The van der Waals surface area contributed by atoms with Crippen molar-refractivity contribution in [3.63, 3.8) is 0 Å². The third-order valence-corrected chi connectivity index (χ3v) is 3.79. The molecule has 0 bridgehead atoms. The molecular weight excluding hydrogens is 200 g/mol. The number of benzene rings is 1. The molecule has 1 fully saturated rings. The Labute approximate surface area is 95.4 Å². The molecule has 2 unspecified atom stereocenters. The topological polar surface area (TPSA) is 32.3 Å². The molecule has 2 atom stereocenters. The second-order valence-corrected chi connectivity index (χ2v) is 4.80. The first kappa shape index (κ1) is 9.85. The molecule has 3 heteroatoms. The Bertz CT molecular complexity index is 430. The van der Waals surface area contributed by atoms with Crippen LogP contribution in [0.25, 0.3) is 0 Å². The van der Waals surface area contributed by atoms with Crippen LogP contribution in [0.1, 0.15) is 21.8 Å². The van der Waals surface area contributed by atoms with E-state index in [9.17, 15) is 4.79 Å². The molecule has 0 aliphatic carbocycles. The van der Waals surface area contributed by atoms with Crippen LogP contribution in [0.5, 0.6) is 0 Å². The maximum absolute atomic E-state index is 12.2. The van der Waals surface area contributed by atoms with Gasteiger partial charge in [0.25, 0.3) is 5.91 Å². The van der Waals surface area contributed by atoms with Crippen molar-refractivity contribution in [2.75, 3.05) is 26.7 Å². The first-order chi connectivity index (χ1) is 7.77. The zero-order valence-electron chi connectivity index (χ0n) is 9.44. The highest BCUT2D eigenvalue weighted by atomic mass is 16.2. The van der Waals surface area contributed by atoms with Gasteiger partial charge in [-0.1, -0.05) is 18.2 Å². The average Bonchev–Trinajstić information content (AvgIpc) is 2.72. The van der Waals surface area contributed by atoms with Gasteiger partial charge in [0.15, 0.2) is 0 Å². The number of carbonyl (C=O) groups excluding carboxylic acids is 1. The summed E-state index contributed by atoms with van der Waals surface area (Å²) in [4.78, 5) is 14.0. The second-order valence-electron chi connectivity index (χ2n) is 4.80. The van der Waals surface area contributed by atoms with Crippen LogP contribution >= 0.6 is 0 Å². The lowest BCUT2D eigenvalue weighted by Gasteiger charge is -2.19. The molecule has 1 aromatic rings. The van der Waals surface area contributed by atoms with Crippen LogP contribution in [0.15, 0.2) is 24.3 Å². The van der Waals surface area contributed by atoms with E-state index in [1.54, 1.807) is 0 Å². The van der Waals surface area contributed by atoms with Crippen molar-refractivity contribution in [1.82, 2.24) is 10.2 Å². The lowest BCUT2D eigenvalue weighted by atomic mass is 9.87. The molecule has 3 rings (SSSR count). The Kier molecular flexibility index (Phi) is 2.21. The fourth-order valence-corrected chi connectivity index (χ4v) is 2.94. The van der Waals surface area contributed by atoms with E-state index in [1.165, 1.54) is 5.56 Å². The van der Waals surface area contributed by atoms with Gasteiger partial charge in [-0.05, 0) is 17.5 Å². The molecule has 0 radical (unpaired) electrons. The third-order valence-electron chi connectivity index (χ3n) is 3.79. The summed E-state index contributed by atoms with van der Waals surface area (Å²) in [5.74, 6) is 1.24. The Balaban J connectivity index is 2.13. The molecular formula is C13H16N2O. The maximum Gasteiger partial charge on any atom is 0.253 e. The number of carbonyl (C=O) groups is 1. The van der Waals surface area contributed by atoms with Gasteiger partial charge >= 0.3 is 0 Å². The Hall–Kier alpha value is -1.35. The van der Waals surface area contributed by atoms with Crippen molar-refractivity contribution < 1.29 is 4.79 Å². The van der Waals surface area contributed by atoms with Crippen molar-refractivity contribution in [2.24, 2.45) is 5.92 Å². The summed E-state index contributed by atoms with van der Waals surface area (Å²) >= 11 is 0. The summed E-state index contributed by atoms with van der Waals surface area (Å²) in [5, 5.41) is 3.43. The van der Waals surface area contributed by atoms with Gasteiger partial charge in [-0.3, -0.25) is 4.79 Å². The van der Waals surface area contributed by atoms with Crippen molar-refractivity contribution in [1.29, 1.82) is 0 Å². The van der Waals surface area contributed by atoms with Crippen LogP contribution < -0.4 is 5.32 Å². The number of fused-ring (bicyclic) bond motifs is 3. The molecule has 16 heavy (non-hydrogen) atoms. The minimum atomic E-state index is 0.171. The van der Waals surface area contributed by atoms with Gasteiger partial charge in [0, 0.05) is 38.2 Å². The van der Waals surface area contributed by atoms with E-state index in [1.807, 2.05) is 30.1 Å². The smallest absolute Gasteiger partial charge is 0.253 e. The highest BCUT2D eigenvalue weighted by molar-refractivity contribution is 5.96. The summed E-state index contributed by atoms with van der Waals surface area (Å²) in [7, 11) is 1.90. The predicted molar refractivity (Wildman–Crippen MR) is 62.5 cm³/mol. The zero-order valence-corrected chi connectivity index (χ0v) is 9.44. The molecule has 2 heterocycles. The van der Waals surface area contributed by atoms with Crippen LogP contribution in [0.2, 0.25) is 0 Å². The zero-order chi connectivity index (χ0) is 11.1. The third kappa shape index (κ3) is 1.35. The van der Waals surface area contributed by atoms with E-state index >= 15 is 0 Å². The van der Waals surface area contributed by atoms with Crippen LogP contribution in [0, 0.1) is 5.92 Å². The number of rotatable bonds is 0. The van der Waals surface area contributed by atoms with E-state index in [4.69, 9.17) is 0 Å². The van der Waals surface area contributed by atoms with Gasteiger partial charge in [-0.25, -0.2) is 0 Å². The van der Waals surface area contributed by atoms with Crippen molar-refractivity contribution in [3.05, 3.63) is 35.4 Å². The van der Waals surface area contributed by atoms with Crippen LogP contribution in [-0.4, -0.2) is 37.5 Å². The van der Waals surface area contributed by atoms with E-state index in [0.717, 1.165) is 25.2 Å². The lowest BCUT2D eigenvalue weighted by molar-refractivity contribution is 0.0784. The molecule has 0 spiro atoms. The summed E-state index contributed by atoms with van der Waals surface area (Å²) < 4.78 is 0. The van der Waals surface area contributed by atoms with Gasteiger partial charge in [-0.15, -0.1) is 0 Å². The first-order valence-corrected chi connectivity index (χ1v) is 5.82. The number of nitrogens with one attached hydrogen (secondary N) is 1. The Morgan fingerprint density at radius 1 is 1.31 bits per heavy atom. The lowest BCUT2D eigenvalue weighted by Crippen LogP contribution is -2.31. The van der Waals surface area contributed by atoms with Crippen LogP contribution in [-0.2, 0) is 0 Å². The molecule has 2 aliphatic rings. The van der Waals surface area contributed by atoms with Crippen molar-refractivity contribution >= 4 is 5.91 Å². The van der Waals surface area contributed by atoms with Gasteiger partial charge in [0.2, 0.25) is 0 Å². The molecule has 3 nitrogen and oxygen atoms in total. The molecule has 84 valence electrons. The van der Waals surface area contributed by atoms with Gasteiger partial charge in [0.1, 0.15) is 0 Å². The summed E-state index contributed by atoms with van der Waals surface area (Å²) in [6, 6.07) is 8.05. The van der Waals surface area contributed by atoms with Gasteiger partial charge in [-0.2, -0.15) is 0 Å². The van der Waals surface area contributed by atoms with E-state index < -0.39 is 0 Å². The van der Waals surface area contributed by atoms with E-state index in [0.29, 0.717) is 11.8 Å². The van der Waals surface area contributed by atoms with Crippen molar-refractivity contribution in [2.45, 2.75) is 5.92 Å². The SMILES string of the molecule is CN1CC2CNCC2c2ccccc2C1=O. The first-order valence-electron chi connectivity index (χ1n) is 5.82. The Morgan fingerprint density at radius 3 is 3.00 bits per heavy atom. The summed E-state index contributed by atoms with van der Waals surface area (Å²) in [6.07, 6.45) is 0. The quantitative estimate of drug-likeness (QED) is 0.703. The molecule has 1 saturated heterocycles. The average molecular weight is 216 g/mol. The monoisotopic (exact) mass is 216 g/mol. The normalized spacial score (nSPS) is 28.6. The number of nitrogens with zero attached hydrogens (tertiary/aromatic N) is 1. The van der Waals surface area contributed by atoms with E-state index in [-0.39, 0.29) is 5.91 Å². The highest BCUT2D eigenvalue weighted by Crippen LogP contribution is 2.34. The molecule has 1 aromatic carbocycles. The minimum absolute atomic E-state index is 0.171. The van der Waals surface area contributed by atoms with Crippen molar-refractivity contribution in [3.8, 4) is 0 Å². The molecule has 1 amide bonds.